The van der Waals surface area contributed by atoms with Crippen molar-refractivity contribution in [1.29, 1.82) is 0 Å². The van der Waals surface area contributed by atoms with Crippen LogP contribution in [0.5, 0.6) is 5.88 Å². The molecule has 1 fully saturated rings. The molecule has 0 bridgehead atoms. The summed E-state index contributed by atoms with van der Waals surface area (Å²) in [7, 11) is -0.164. The lowest BCUT2D eigenvalue weighted by Crippen LogP contribution is -2.35. The van der Waals surface area contributed by atoms with Crippen molar-refractivity contribution in [2.45, 2.75) is 44.8 Å². The van der Waals surface area contributed by atoms with E-state index in [0.717, 1.165) is 23.4 Å². The number of nitrogens with zero attached hydrogens (tertiary/aromatic N) is 5. The van der Waals surface area contributed by atoms with Crippen molar-refractivity contribution in [2.24, 2.45) is 12.2 Å². The Bertz CT molecular complexity index is 2070. The molecule has 5 heterocycles. The molecule has 0 spiro atoms. The summed E-state index contributed by atoms with van der Waals surface area (Å²) in [4.78, 5) is 41.0. The summed E-state index contributed by atoms with van der Waals surface area (Å²) in [6, 6.07) is 10.9. The SMILES string of the molecule is COc1nc(-c2ccnc(-c3cccc(NC(=O)c4nc5c(n4C)CCN(CCCS(N)(=O)=O)C5)c3Cl)c2Cl)ccc1CNCC1CCC(=O)N1. The highest BCUT2D eigenvalue weighted by molar-refractivity contribution is 7.89. The van der Waals surface area contributed by atoms with E-state index in [4.69, 9.17) is 38.1 Å². The molecule has 0 saturated carbocycles. The van der Waals surface area contributed by atoms with Crippen LogP contribution < -0.4 is 25.8 Å². The van der Waals surface area contributed by atoms with Gasteiger partial charge in [0.2, 0.25) is 21.8 Å². The van der Waals surface area contributed by atoms with Crippen LogP contribution in [-0.4, -0.2) is 83.2 Å². The molecule has 0 radical (unpaired) electrons. The molecule has 6 rings (SSSR count). The minimum atomic E-state index is -3.52. The Hall–Kier alpha value is -4.12. The third-order valence-electron chi connectivity index (χ3n) is 9.03. The number of sulfonamides is 1. The van der Waals surface area contributed by atoms with Crippen LogP contribution in [0, 0.1) is 0 Å². The lowest BCUT2D eigenvalue weighted by molar-refractivity contribution is -0.119. The number of aromatic nitrogens is 4. The lowest BCUT2D eigenvalue weighted by atomic mass is 10.1. The number of halogens is 2. The Morgan fingerprint density at radius 2 is 1.94 bits per heavy atom. The average molecular weight is 757 g/mol. The van der Waals surface area contributed by atoms with Crippen LogP contribution in [0.1, 0.15) is 46.8 Å². The Kier molecular flexibility index (Phi) is 11.2. The number of nitrogens with one attached hydrogen (secondary N) is 3. The van der Waals surface area contributed by atoms with Crippen LogP contribution >= 0.6 is 23.2 Å². The molecule has 1 atom stereocenters. The zero-order chi connectivity index (χ0) is 36.3. The molecule has 1 saturated heterocycles. The van der Waals surface area contributed by atoms with Crippen molar-refractivity contribution in [3.63, 3.8) is 0 Å². The highest BCUT2D eigenvalue weighted by Gasteiger charge is 2.27. The summed E-state index contributed by atoms with van der Waals surface area (Å²) in [5.41, 5.74) is 5.06. The summed E-state index contributed by atoms with van der Waals surface area (Å²) in [6.07, 6.45) is 4.06. The van der Waals surface area contributed by atoms with Crippen molar-refractivity contribution in [1.82, 2.24) is 35.1 Å². The molecule has 1 unspecified atom stereocenters. The van der Waals surface area contributed by atoms with Gasteiger partial charge in [-0.2, -0.15) is 0 Å². The molecule has 1 aromatic carbocycles. The zero-order valence-corrected chi connectivity index (χ0v) is 30.5. The lowest BCUT2D eigenvalue weighted by Gasteiger charge is -2.26. The van der Waals surface area contributed by atoms with Gasteiger partial charge in [0.15, 0.2) is 5.82 Å². The Labute approximate surface area is 306 Å². The third kappa shape index (κ3) is 8.51. The number of imidazole rings is 1. The van der Waals surface area contributed by atoms with Crippen LogP contribution in [0.25, 0.3) is 22.5 Å². The van der Waals surface area contributed by atoms with Gasteiger partial charge in [-0.25, -0.2) is 23.5 Å². The second kappa shape index (κ2) is 15.6. The number of carbonyl (C=O) groups is 2. The first-order chi connectivity index (χ1) is 24.4. The second-order valence-corrected chi connectivity index (χ2v) is 15.1. The van der Waals surface area contributed by atoms with E-state index in [0.29, 0.717) is 91.1 Å². The maximum Gasteiger partial charge on any atom is 0.291 e. The molecule has 17 heteroatoms. The number of benzene rings is 1. The van der Waals surface area contributed by atoms with E-state index >= 15 is 0 Å². The topological polar surface area (TPSA) is 186 Å². The molecule has 270 valence electrons. The Morgan fingerprint density at radius 1 is 1.12 bits per heavy atom. The number of hydrogen-bond acceptors (Lipinski definition) is 10. The number of ether oxygens (including phenoxy) is 1. The van der Waals surface area contributed by atoms with Crippen LogP contribution in [0.2, 0.25) is 10.0 Å². The molecule has 2 aliphatic heterocycles. The number of anilines is 1. The zero-order valence-electron chi connectivity index (χ0n) is 28.2. The third-order valence-corrected chi connectivity index (χ3v) is 10.7. The number of rotatable bonds is 13. The first kappa shape index (κ1) is 36.7. The molecular formula is C34H39Cl2N9O5S. The fourth-order valence-corrected chi connectivity index (χ4v) is 7.53. The summed E-state index contributed by atoms with van der Waals surface area (Å²) < 4.78 is 30.0. The van der Waals surface area contributed by atoms with E-state index in [9.17, 15) is 18.0 Å². The van der Waals surface area contributed by atoms with Crippen LogP contribution in [0.3, 0.4) is 0 Å². The number of methoxy groups -OCH3 is 1. The van der Waals surface area contributed by atoms with Gasteiger partial charge in [0.05, 0.1) is 45.7 Å². The van der Waals surface area contributed by atoms with Crippen molar-refractivity contribution < 1.29 is 22.7 Å². The van der Waals surface area contributed by atoms with Gasteiger partial charge < -0.3 is 25.3 Å². The summed E-state index contributed by atoms with van der Waals surface area (Å²) in [6.45, 7) is 2.93. The highest BCUT2D eigenvalue weighted by Crippen LogP contribution is 2.40. The summed E-state index contributed by atoms with van der Waals surface area (Å²) in [5, 5.41) is 14.9. The number of hydrogen-bond donors (Lipinski definition) is 4. The molecule has 2 aliphatic rings. The van der Waals surface area contributed by atoms with Gasteiger partial charge in [-0.05, 0) is 37.6 Å². The minimum Gasteiger partial charge on any atom is -0.481 e. The molecule has 51 heavy (non-hydrogen) atoms. The molecule has 3 aromatic heterocycles. The predicted molar refractivity (Wildman–Crippen MR) is 195 cm³/mol. The van der Waals surface area contributed by atoms with Crippen molar-refractivity contribution in [3.8, 4) is 28.4 Å². The molecule has 4 aromatic rings. The summed E-state index contributed by atoms with van der Waals surface area (Å²) >= 11 is 13.9. The first-order valence-corrected chi connectivity index (χ1v) is 19.0. The van der Waals surface area contributed by atoms with E-state index in [-0.39, 0.29) is 28.5 Å². The van der Waals surface area contributed by atoms with Gasteiger partial charge in [-0.1, -0.05) is 41.4 Å². The van der Waals surface area contributed by atoms with Crippen molar-refractivity contribution in [2.75, 3.05) is 37.8 Å². The van der Waals surface area contributed by atoms with E-state index in [1.54, 1.807) is 49.2 Å². The number of fused-ring (bicyclic) bond motifs is 1. The molecular weight excluding hydrogens is 717 g/mol. The quantitative estimate of drug-likeness (QED) is 0.157. The van der Waals surface area contributed by atoms with Gasteiger partial charge in [0.25, 0.3) is 5.91 Å². The largest absolute Gasteiger partial charge is 0.481 e. The molecule has 14 nitrogen and oxygen atoms in total. The smallest absolute Gasteiger partial charge is 0.291 e. The average Bonchev–Trinajstić information content (AvgIpc) is 3.67. The monoisotopic (exact) mass is 755 g/mol. The van der Waals surface area contributed by atoms with Gasteiger partial charge >= 0.3 is 0 Å². The van der Waals surface area contributed by atoms with Gasteiger partial charge in [0, 0.05) is 80.7 Å². The molecule has 5 N–H and O–H groups in total. The number of primary sulfonamides is 1. The fraction of sp³-hybridized carbons (Fsp3) is 0.382. The van der Waals surface area contributed by atoms with Crippen molar-refractivity contribution in [3.05, 3.63) is 75.4 Å². The van der Waals surface area contributed by atoms with Crippen LogP contribution in [0.15, 0.2) is 42.6 Å². The first-order valence-electron chi connectivity index (χ1n) is 16.5. The number of amides is 2. The van der Waals surface area contributed by atoms with E-state index in [1.807, 2.05) is 12.1 Å². The maximum atomic E-state index is 13.5. The van der Waals surface area contributed by atoms with E-state index in [1.165, 1.54) is 0 Å². The molecule has 2 amide bonds. The predicted octanol–water partition coefficient (Wildman–Crippen LogP) is 3.52. The Balaban J connectivity index is 1.17. The maximum absolute atomic E-state index is 13.5. The van der Waals surface area contributed by atoms with E-state index < -0.39 is 15.9 Å². The minimum absolute atomic E-state index is 0.0762. The Morgan fingerprint density at radius 3 is 2.69 bits per heavy atom. The summed E-state index contributed by atoms with van der Waals surface area (Å²) in [5.74, 6) is 0.234. The van der Waals surface area contributed by atoms with Crippen LogP contribution in [-0.2, 0) is 41.4 Å². The number of carbonyl (C=O) groups excluding carboxylic acids is 2. The fourth-order valence-electron chi connectivity index (χ4n) is 6.43. The van der Waals surface area contributed by atoms with E-state index in [2.05, 4.69) is 30.8 Å². The number of nitrogens with two attached hydrogens (primary N) is 1. The standard InChI is InChI=1S/C34H39Cl2N9O5S/c1-44-27-12-15-45(14-4-16-51(37,48)49)19-26(27)41-32(44)33(47)42-25-6-3-5-23(29(25)35)31-30(36)22(11-13-39-31)24-9-7-20(34(43-24)50-2)17-38-18-21-8-10-28(46)40-21/h3,5-7,9,11,13,21,38H,4,8,10,12,14-19H2,1-2H3,(H,40,46)(H,42,47)(H2,37,48,49). The number of pyridine rings is 2. The van der Waals surface area contributed by atoms with Crippen LogP contribution in [0.4, 0.5) is 5.69 Å². The van der Waals surface area contributed by atoms with Gasteiger partial charge in [0.1, 0.15) is 0 Å². The second-order valence-electron chi connectivity index (χ2n) is 12.6. The van der Waals surface area contributed by atoms with Gasteiger partial charge in [-0.3, -0.25) is 19.5 Å². The highest BCUT2D eigenvalue weighted by atomic mass is 35.5. The van der Waals surface area contributed by atoms with Crippen molar-refractivity contribution >= 4 is 50.7 Å². The molecule has 0 aliphatic carbocycles. The van der Waals surface area contributed by atoms with Gasteiger partial charge in [-0.15, -0.1) is 0 Å². The normalized spacial score (nSPS) is 16.2.